The lowest BCUT2D eigenvalue weighted by atomic mass is 9.95. The SMILES string of the molecule is Cc1nc(C(C)(C)C)nc(C)c1CC(=O)O. The van der Waals surface area contributed by atoms with Gasteiger partial charge in [0.15, 0.2) is 0 Å². The van der Waals surface area contributed by atoms with Crippen molar-refractivity contribution in [3.63, 3.8) is 0 Å². The molecule has 4 heteroatoms. The molecule has 1 heterocycles. The van der Waals surface area contributed by atoms with Crippen LogP contribution in [0.25, 0.3) is 0 Å². The van der Waals surface area contributed by atoms with Gasteiger partial charge in [0.05, 0.1) is 6.42 Å². The highest BCUT2D eigenvalue weighted by molar-refractivity contribution is 5.70. The summed E-state index contributed by atoms with van der Waals surface area (Å²) < 4.78 is 0. The third-order valence-corrected chi connectivity index (χ3v) is 2.42. The van der Waals surface area contributed by atoms with Crippen LogP contribution in [0, 0.1) is 13.8 Å². The van der Waals surface area contributed by atoms with Gasteiger partial charge >= 0.3 is 5.97 Å². The van der Waals surface area contributed by atoms with E-state index in [-0.39, 0.29) is 11.8 Å². The minimum Gasteiger partial charge on any atom is -0.481 e. The molecule has 0 fully saturated rings. The second-order valence-electron chi connectivity index (χ2n) is 5.02. The summed E-state index contributed by atoms with van der Waals surface area (Å²) in [6.07, 6.45) is -0.0118. The Bertz CT molecular complexity index is 397. The number of rotatable bonds is 2. The monoisotopic (exact) mass is 222 g/mol. The van der Waals surface area contributed by atoms with Gasteiger partial charge in [0.2, 0.25) is 0 Å². The Kier molecular flexibility index (Phi) is 3.31. The first kappa shape index (κ1) is 12.6. The molecule has 0 spiro atoms. The second kappa shape index (κ2) is 4.20. The van der Waals surface area contributed by atoms with Gasteiger partial charge < -0.3 is 5.11 Å². The average Bonchev–Trinajstić information content (AvgIpc) is 2.09. The molecular weight excluding hydrogens is 204 g/mol. The van der Waals surface area contributed by atoms with Crippen LogP contribution in [-0.2, 0) is 16.6 Å². The van der Waals surface area contributed by atoms with Crippen LogP contribution in [0.5, 0.6) is 0 Å². The van der Waals surface area contributed by atoms with Gasteiger partial charge in [-0.05, 0) is 13.8 Å². The van der Waals surface area contributed by atoms with Crippen molar-refractivity contribution in [2.45, 2.75) is 46.5 Å². The molecule has 0 amide bonds. The standard InChI is InChI=1S/C12H18N2O2/c1-7-9(6-10(15)16)8(2)14-11(13-7)12(3,4)5/h6H2,1-5H3,(H,15,16). The molecule has 0 aliphatic rings. The molecule has 88 valence electrons. The summed E-state index contributed by atoms with van der Waals surface area (Å²) in [5.41, 5.74) is 2.14. The van der Waals surface area contributed by atoms with E-state index in [1.807, 2.05) is 34.6 Å². The quantitative estimate of drug-likeness (QED) is 0.831. The highest BCUT2D eigenvalue weighted by Gasteiger charge is 2.20. The fraction of sp³-hybridized carbons (Fsp3) is 0.583. The lowest BCUT2D eigenvalue weighted by Gasteiger charge is -2.19. The van der Waals surface area contributed by atoms with E-state index in [9.17, 15) is 4.79 Å². The third kappa shape index (κ3) is 2.78. The van der Waals surface area contributed by atoms with E-state index in [0.29, 0.717) is 0 Å². The van der Waals surface area contributed by atoms with Crippen LogP contribution in [0.2, 0.25) is 0 Å². The van der Waals surface area contributed by atoms with Gasteiger partial charge in [-0.2, -0.15) is 0 Å². The third-order valence-electron chi connectivity index (χ3n) is 2.42. The molecule has 0 saturated carbocycles. The number of hydrogen-bond acceptors (Lipinski definition) is 3. The van der Waals surface area contributed by atoms with Crippen molar-refractivity contribution in [1.29, 1.82) is 0 Å². The lowest BCUT2D eigenvalue weighted by Crippen LogP contribution is -2.19. The van der Waals surface area contributed by atoms with Crippen LogP contribution >= 0.6 is 0 Å². The Morgan fingerprint density at radius 2 is 1.62 bits per heavy atom. The number of aliphatic carboxylic acids is 1. The molecular formula is C12H18N2O2. The lowest BCUT2D eigenvalue weighted by molar-refractivity contribution is -0.136. The van der Waals surface area contributed by atoms with E-state index in [0.717, 1.165) is 22.8 Å². The van der Waals surface area contributed by atoms with Crippen molar-refractivity contribution in [2.75, 3.05) is 0 Å². The first-order valence-corrected chi connectivity index (χ1v) is 5.28. The highest BCUT2D eigenvalue weighted by atomic mass is 16.4. The maximum Gasteiger partial charge on any atom is 0.307 e. The van der Waals surface area contributed by atoms with Crippen molar-refractivity contribution in [3.8, 4) is 0 Å². The molecule has 0 aliphatic heterocycles. The first-order valence-electron chi connectivity index (χ1n) is 5.28. The van der Waals surface area contributed by atoms with E-state index in [4.69, 9.17) is 5.11 Å². The van der Waals surface area contributed by atoms with Gasteiger partial charge in [0, 0.05) is 22.4 Å². The molecule has 0 aliphatic carbocycles. The van der Waals surface area contributed by atoms with Crippen LogP contribution in [0.15, 0.2) is 0 Å². The molecule has 0 radical (unpaired) electrons. The van der Waals surface area contributed by atoms with Crippen molar-refractivity contribution < 1.29 is 9.90 Å². The summed E-state index contributed by atoms with van der Waals surface area (Å²) in [5, 5.41) is 8.79. The molecule has 0 aromatic carbocycles. The Morgan fingerprint density at radius 1 is 1.19 bits per heavy atom. The molecule has 0 saturated heterocycles. The molecule has 1 N–H and O–H groups in total. The van der Waals surface area contributed by atoms with Crippen molar-refractivity contribution in [1.82, 2.24) is 9.97 Å². The number of carbonyl (C=O) groups is 1. The van der Waals surface area contributed by atoms with E-state index in [1.54, 1.807) is 0 Å². The summed E-state index contributed by atoms with van der Waals surface area (Å²) in [6.45, 7) is 9.79. The minimum atomic E-state index is -0.849. The number of carboxylic acid groups (broad SMARTS) is 1. The molecule has 1 rings (SSSR count). The van der Waals surface area contributed by atoms with E-state index >= 15 is 0 Å². The average molecular weight is 222 g/mol. The molecule has 0 bridgehead atoms. The van der Waals surface area contributed by atoms with Crippen molar-refractivity contribution >= 4 is 5.97 Å². The van der Waals surface area contributed by atoms with Crippen LogP contribution in [0.4, 0.5) is 0 Å². The number of nitrogens with zero attached hydrogens (tertiary/aromatic N) is 2. The van der Waals surface area contributed by atoms with Crippen LogP contribution in [0.1, 0.15) is 43.5 Å². The predicted molar refractivity (Wildman–Crippen MR) is 61.5 cm³/mol. The molecule has 0 atom stereocenters. The topological polar surface area (TPSA) is 63.1 Å². The minimum absolute atomic E-state index is 0.0118. The maximum absolute atomic E-state index is 10.7. The number of carboxylic acids is 1. The maximum atomic E-state index is 10.7. The van der Waals surface area contributed by atoms with Gasteiger partial charge in [0.1, 0.15) is 5.82 Å². The van der Waals surface area contributed by atoms with Crippen molar-refractivity contribution in [2.24, 2.45) is 0 Å². The molecule has 1 aromatic heterocycles. The summed E-state index contributed by atoms with van der Waals surface area (Å²) >= 11 is 0. The molecule has 4 nitrogen and oxygen atoms in total. The van der Waals surface area contributed by atoms with E-state index < -0.39 is 5.97 Å². The zero-order valence-corrected chi connectivity index (χ0v) is 10.5. The zero-order valence-electron chi connectivity index (χ0n) is 10.5. The van der Waals surface area contributed by atoms with Crippen LogP contribution < -0.4 is 0 Å². The van der Waals surface area contributed by atoms with Gasteiger partial charge in [-0.1, -0.05) is 20.8 Å². The Balaban J connectivity index is 3.23. The summed E-state index contributed by atoms with van der Waals surface area (Å²) in [7, 11) is 0. The van der Waals surface area contributed by atoms with E-state index in [2.05, 4.69) is 9.97 Å². The Hall–Kier alpha value is -1.45. The van der Waals surface area contributed by atoms with Gasteiger partial charge in [0.25, 0.3) is 0 Å². The predicted octanol–water partition coefficient (Wildman–Crippen LogP) is 2.02. The first-order chi connectivity index (χ1) is 7.21. The van der Waals surface area contributed by atoms with Gasteiger partial charge in [-0.15, -0.1) is 0 Å². The fourth-order valence-corrected chi connectivity index (χ4v) is 1.48. The summed E-state index contributed by atoms with van der Waals surface area (Å²) in [4.78, 5) is 19.5. The number of aryl methyl sites for hydroxylation is 2. The fourth-order valence-electron chi connectivity index (χ4n) is 1.48. The normalized spacial score (nSPS) is 11.6. The Labute approximate surface area is 95.7 Å². The van der Waals surface area contributed by atoms with Gasteiger partial charge in [-0.25, -0.2) is 9.97 Å². The zero-order chi connectivity index (χ0) is 12.5. The number of aromatic nitrogens is 2. The summed E-state index contributed by atoms with van der Waals surface area (Å²) in [6, 6.07) is 0. The molecule has 0 unspecified atom stereocenters. The number of hydrogen-bond donors (Lipinski definition) is 1. The molecule has 1 aromatic rings. The molecule has 16 heavy (non-hydrogen) atoms. The van der Waals surface area contributed by atoms with Crippen LogP contribution in [0.3, 0.4) is 0 Å². The Morgan fingerprint density at radius 3 is 1.94 bits per heavy atom. The second-order valence-corrected chi connectivity index (χ2v) is 5.02. The van der Waals surface area contributed by atoms with Crippen molar-refractivity contribution in [3.05, 3.63) is 22.8 Å². The summed E-state index contributed by atoms with van der Waals surface area (Å²) in [5.74, 6) is -0.0880. The largest absolute Gasteiger partial charge is 0.481 e. The highest BCUT2D eigenvalue weighted by Crippen LogP contribution is 2.21. The van der Waals surface area contributed by atoms with E-state index in [1.165, 1.54) is 0 Å². The van der Waals surface area contributed by atoms with Crippen LogP contribution in [-0.4, -0.2) is 21.0 Å². The van der Waals surface area contributed by atoms with Gasteiger partial charge in [-0.3, -0.25) is 4.79 Å². The smallest absolute Gasteiger partial charge is 0.307 e.